The summed E-state index contributed by atoms with van der Waals surface area (Å²) < 4.78 is 22.1. The third kappa shape index (κ3) is 9.72. The highest BCUT2D eigenvalue weighted by atomic mass is 16.5. The molecule has 0 spiro atoms. The van der Waals surface area contributed by atoms with Crippen LogP contribution < -0.4 is 14.2 Å². The fourth-order valence-corrected chi connectivity index (χ4v) is 2.85. The van der Waals surface area contributed by atoms with Gasteiger partial charge in [-0.3, -0.25) is 0 Å². The van der Waals surface area contributed by atoms with Crippen LogP contribution >= 0.6 is 0 Å². The van der Waals surface area contributed by atoms with E-state index in [1.165, 1.54) is 7.11 Å². The van der Waals surface area contributed by atoms with Gasteiger partial charge in [-0.05, 0) is 62.5 Å². The van der Waals surface area contributed by atoms with Crippen LogP contribution in [0.5, 0.6) is 17.2 Å². The van der Waals surface area contributed by atoms with E-state index in [0.717, 1.165) is 42.2 Å². The molecule has 1 N–H and O–H groups in total. The molecular weight excluding hydrogens is 398 g/mol. The van der Waals surface area contributed by atoms with Gasteiger partial charge >= 0.3 is 5.97 Å². The molecule has 0 unspecified atom stereocenters. The van der Waals surface area contributed by atoms with Crippen LogP contribution in [0.25, 0.3) is 0 Å². The zero-order chi connectivity index (χ0) is 22.5. The maximum atomic E-state index is 11.0. The van der Waals surface area contributed by atoms with Gasteiger partial charge in [-0.25, -0.2) is 4.79 Å². The van der Waals surface area contributed by atoms with E-state index in [-0.39, 0.29) is 0 Å². The van der Waals surface area contributed by atoms with Crippen molar-refractivity contribution in [3.63, 3.8) is 0 Å². The predicted octanol–water partition coefficient (Wildman–Crippen LogP) is 3.51. The average Bonchev–Trinajstić information content (AvgIpc) is 2.76. The first-order valence-corrected chi connectivity index (χ1v) is 10.5. The Kier molecular flexibility index (Phi) is 10.7. The highest BCUT2D eigenvalue weighted by molar-refractivity contribution is 5.72. The van der Waals surface area contributed by atoms with Crippen molar-refractivity contribution in [3.8, 4) is 17.2 Å². The fourth-order valence-electron chi connectivity index (χ4n) is 2.85. The zero-order valence-electron chi connectivity index (χ0n) is 18.6. The first-order valence-electron chi connectivity index (χ1n) is 10.5. The molecule has 0 aromatic heterocycles. The van der Waals surface area contributed by atoms with Gasteiger partial charge in [-0.15, -0.1) is 0 Å². The lowest BCUT2D eigenvalue weighted by molar-refractivity contribution is -0.148. The minimum absolute atomic E-state index is 0.319. The van der Waals surface area contributed by atoms with Gasteiger partial charge in [0, 0.05) is 26.5 Å². The Morgan fingerprint density at radius 3 is 1.71 bits per heavy atom. The molecule has 0 aliphatic rings. The first-order chi connectivity index (χ1) is 15.0. The Morgan fingerprint density at radius 2 is 1.29 bits per heavy atom. The van der Waals surface area contributed by atoms with Crippen molar-refractivity contribution < 1.29 is 28.8 Å². The Hall–Kier alpha value is -2.77. The van der Waals surface area contributed by atoms with Crippen LogP contribution in [0, 0.1) is 0 Å². The number of hydrogen-bond donors (Lipinski definition) is 1. The van der Waals surface area contributed by atoms with Gasteiger partial charge in [0.15, 0.2) is 6.10 Å². The maximum absolute atomic E-state index is 11.0. The molecule has 0 aliphatic carbocycles. The zero-order valence-corrected chi connectivity index (χ0v) is 18.6. The van der Waals surface area contributed by atoms with E-state index in [2.05, 4.69) is 19.0 Å². The standard InChI is InChI=1S/C24H33NO6/c1-25(2)14-4-15-29-21-10-12-22(13-11-21)31-17-5-16-30-20-8-6-19(7-9-20)18-23(28-3)24(26)27/h6-13,23H,4-5,14-18H2,1-3H3,(H,26,27)/t23-/m0/s1. The smallest absolute Gasteiger partial charge is 0.333 e. The fraction of sp³-hybridized carbons (Fsp3) is 0.458. The monoisotopic (exact) mass is 431 g/mol. The molecule has 2 aromatic carbocycles. The molecule has 0 radical (unpaired) electrons. The lowest BCUT2D eigenvalue weighted by Crippen LogP contribution is -2.24. The molecule has 2 aromatic rings. The van der Waals surface area contributed by atoms with Crippen molar-refractivity contribution in [2.45, 2.75) is 25.4 Å². The minimum atomic E-state index is -0.968. The molecule has 31 heavy (non-hydrogen) atoms. The number of benzene rings is 2. The second kappa shape index (κ2) is 13.5. The molecule has 0 fully saturated rings. The molecule has 0 saturated carbocycles. The second-order valence-electron chi connectivity index (χ2n) is 7.44. The summed E-state index contributed by atoms with van der Waals surface area (Å²) in [5, 5.41) is 9.04. The normalized spacial score (nSPS) is 11.9. The first kappa shape index (κ1) is 24.5. The molecule has 0 amide bonds. The second-order valence-corrected chi connectivity index (χ2v) is 7.44. The molecule has 0 aliphatic heterocycles. The molecule has 0 saturated heterocycles. The number of aliphatic carboxylic acids is 1. The van der Waals surface area contributed by atoms with Gasteiger partial charge in [-0.1, -0.05) is 12.1 Å². The topological polar surface area (TPSA) is 77.5 Å². The summed E-state index contributed by atoms with van der Waals surface area (Å²) in [5.74, 6) is 1.42. The van der Waals surface area contributed by atoms with Gasteiger partial charge in [-0.2, -0.15) is 0 Å². The number of nitrogens with zero attached hydrogens (tertiary/aromatic N) is 1. The van der Waals surface area contributed by atoms with E-state index in [1.807, 2.05) is 48.5 Å². The van der Waals surface area contributed by atoms with E-state index in [4.69, 9.17) is 24.1 Å². The third-order valence-corrected chi connectivity index (χ3v) is 4.57. The number of rotatable bonds is 15. The summed E-state index contributed by atoms with van der Waals surface area (Å²) >= 11 is 0. The number of ether oxygens (including phenoxy) is 4. The van der Waals surface area contributed by atoms with Gasteiger partial charge in [0.2, 0.25) is 0 Å². The largest absolute Gasteiger partial charge is 0.494 e. The van der Waals surface area contributed by atoms with Crippen LogP contribution in [-0.2, 0) is 16.0 Å². The summed E-state index contributed by atoms with van der Waals surface area (Å²) in [5.41, 5.74) is 0.884. The van der Waals surface area contributed by atoms with E-state index in [9.17, 15) is 4.79 Å². The van der Waals surface area contributed by atoms with Crippen molar-refractivity contribution in [1.29, 1.82) is 0 Å². The van der Waals surface area contributed by atoms with E-state index in [0.29, 0.717) is 26.2 Å². The van der Waals surface area contributed by atoms with Crippen molar-refractivity contribution in [3.05, 3.63) is 54.1 Å². The van der Waals surface area contributed by atoms with Crippen molar-refractivity contribution in [1.82, 2.24) is 4.90 Å². The summed E-state index contributed by atoms with van der Waals surface area (Å²) in [7, 11) is 5.50. The lowest BCUT2D eigenvalue weighted by Gasteiger charge is -2.12. The Morgan fingerprint density at radius 1 is 0.839 bits per heavy atom. The quantitative estimate of drug-likeness (QED) is 0.433. The average molecular weight is 432 g/mol. The van der Waals surface area contributed by atoms with E-state index >= 15 is 0 Å². The molecule has 2 rings (SSSR count). The Balaban J connectivity index is 1.62. The van der Waals surface area contributed by atoms with Crippen LogP contribution in [0.2, 0.25) is 0 Å². The van der Waals surface area contributed by atoms with E-state index < -0.39 is 12.1 Å². The number of methoxy groups -OCH3 is 1. The predicted molar refractivity (Wildman–Crippen MR) is 119 cm³/mol. The van der Waals surface area contributed by atoms with Crippen molar-refractivity contribution in [2.24, 2.45) is 0 Å². The lowest BCUT2D eigenvalue weighted by atomic mass is 10.1. The summed E-state index contributed by atoms with van der Waals surface area (Å²) in [6.07, 6.45) is 1.21. The SMILES string of the molecule is CO[C@@H](Cc1ccc(OCCCOc2ccc(OCCCN(C)C)cc2)cc1)C(=O)O. The summed E-state index contributed by atoms with van der Waals surface area (Å²) in [6, 6.07) is 15.0. The molecule has 1 atom stereocenters. The van der Waals surface area contributed by atoms with Crippen LogP contribution in [-0.4, -0.2) is 69.7 Å². The van der Waals surface area contributed by atoms with Gasteiger partial charge in [0.25, 0.3) is 0 Å². The van der Waals surface area contributed by atoms with Crippen LogP contribution in [0.15, 0.2) is 48.5 Å². The summed E-state index contributed by atoms with van der Waals surface area (Å²) in [6.45, 7) is 2.78. The molecule has 0 heterocycles. The van der Waals surface area contributed by atoms with Crippen LogP contribution in [0.1, 0.15) is 18.4 Å². The van der Waals surface area contributed by atoms with Gasteiger partial charge in [0.1, 0.15) is 17.2 Å². The summed E-state index contributed by atoms with van der Waals surface area (Å²) in [4.78, 5) is 13.2. The number of carboxylic acid groups (broad SMARTS) is 1. The highest BCUT2D eigenvalue weighted by Crippen LogP contribution is 2.18. The van der Waals surface area contributed by atoms with Crippen molar-refractivity contribution >= 4 is 5.97 Å². The number of carbonyl (C=O) groups is 1. The molecule has 0 bridgehead atoms. The van der Waals surface area contributed by atoms with E-state index in [1.54, 1.807) is 0 Å². The van der Waals surface area contributed by atoms with Crippen LogP contribution in [0.3, 0.4) is 0 Å². The highest BCUT2D eigenvalue weighted by Gasteiger charge is 2.16. The molecule has 170 valence electrons. The van der Waals surface area contributed by atoms with Gasteiger partial charge in [0.05, 0.1) is 19.8 Å². The Labute approximate surface area is 184 Å². The third-order valence-electron chi connectivity index (χ3n) is 4.57. The maximum Gasteiger partial charge on any atom is 0.333 e. The van der Waals surface area contributed by atoms with Crippen molar-refractivity contribution in [2.75, 3.05) is 47.6 Å². The van der Waals surface area contributed by atoms with Gasteiger partial charge < -0.3 is 29.0 Å². The molecule has 7 heteroatoms. The number of carboxylic acids is 1. The van der Waals surface area contributed by atoms with Crippen LogP contribution in [0.4, 0.5) is 0 Å². The number of hydrogen-bond acceptors (Lipinski definition) is 6. The minimum Gasteiger partial charge on any atom is -0.494 e. The molecular formula is C24H33NO6. The Bertz CT molecular complexity index is 761. The molecule has 7 nitrogen and oxygen atoms in total.